The van der Waals surface area contributed by atoms with E-state index in [4.69, 9.17) is 9.29 Å². The first-order valence-electron chi connectivity index (χ1n) is 11.1. The van der Waals surface area contributed by atoms with Crippen LogP contribution in [-0.2, 0) is 13.0 Å². The Kier molecular flexibility index (Phi) is 13.4. The predicted octanol–water partition coefficient (Wildman–Crippen LogP) is 5.29. The van der Waals surface area contributed by atoms with Crippen LogP contribution >= 0.6 is 23.8 Å². The maximum absolute atomic E-state index is 8.73. The molecule has 2 aliphatic heterocycles. The van der Waals surface area contributed by atoms with Gasteiger partial charge >= 0.3 is 0 Å². The molecule has 0 spiro atoms. The summed E-state index contributed by atoms with van der Waals surface area (Å²) in [7, 11) is 1.71. The van der Waals surface area contributed by atoms with E-state index in [1.54, 1.807) is 7.11 Å². The topological polar surface area (TPSA) is 44.7 Å². The smallest absolute Gasteiger partial charge is 0.119 e. The van der Waals surface area contributed by atoms with E-state index in [1.807, 2.05) is 17.8 Å². The van der Waals surface area contributed by atoms with Gasteiger partial charge in [0.05, 0.1) is 7.11 Å². The van der Waals surface area contributed by atoms with Gasteiger partial charge in [0.1, 0.15) is 5.75 Å². The zero-order chi connectivity index (χ0) is 23.0. The Hall–Kier alpha value is -1.62. The summed E-state index contributed by atoms with van der Waals surface area (Å²) in [6.45, 7) is 5.45. The quantitative estimate of drug-likeness (QED) is 0.440. The molecule has 4 rings (SSSR count). The van der Waals surface area contributed by atoms with Gasteiger partial charge in [0.2, 0.25) is 0 Å². The van der Waals surface area contributed by atoms with E-state index >= 15 is 0 Å². The highest BCUT2D eigenvalue weighted by Gasteiger charge is 2.18. The molecule has 1 fully saturated rings. The Morgan fingerprint density at radius 2 is 1.91 bits per heavy atom. The number of nitrogens with one attached hydrogen (secondary N) is 1. The van der Waals surface area contributed by atoms with Crippen molar-refractivity contribution in [2.24, 2.45) is 5.92 Å². The maximum atomic E-state index is 8.73. The summed E-state index contributed by atoms with van der Waals surface area (Å²) in [5.74, 6) is 3.78. The van der Waals surface area contributed by atoms with Crippen LogP contribution in [0.4, 0.5) is 0 Å². The number of piperidine rings is 1. The summed E-state index contributed by atoms with van der Waals surface area (Å²) in [5, 5.41) is 3.38. The molecule has 2 aromatic carbocycles. The SMILES string of the molecule is C#C.COc1ccc2c(c1)CNCCS2.OSCCN1CCC(Cc2ccccc2)CC1. The van der Waals surface area contributed by atoms with Gasteiger partial charge in [0.25, 0.3) is 0 Å². The lowest BCUT2D eigenvalue weighted by molar-refractivity contribution is 0.193. The molecule has 1 saturated heterocycles. The first-order chi connectivity index (χ1) is 15.8. The standard InChI is InChI=1S/C14H21NOS.C10H13NOS.C2H2/c16-17-11-10-15-8-6-14(7-9-15)12-13-4-2-1-3-5-13;1-12-9-2-3-10-8(6-9)7-11-4-5-13-10;1-2/h1-5,14,16H,6-12H2;2-3,6,11H,4-5,7H2,1H3;1-2H. The van der Waals surface area contributed by atoms with E-state index in [9.17, 15) is 0 Å². The predicted molar refractivity (Wildman–Crippen MR) is 140 cm³/mol. The molecule has 0 atom stereocenters. The second-order valence-corrected chi connectivity index (χ2v) is 9.61. The molecule has 6 heteroatoms. The fourth-order valence-electron chi connectivity index (χ4n) is 3.95. The van der Waals surface area contributed by atoms with Crippen LogP contribution in [0.3, 0.4) is 0 Å². The van der Waals surface area contributed by atoms with Crippen molar-refractivity contribution in [1.82, 2.24) is 10.2 Å². The summed E-state index contributed by atoms with van der Waals surface area (Å²) in [6.07, 6.45) is 11.8. The van der Waals surface area contributed by atoms with E-state index in [-0.39, 0.29) is 0 Å². The van der Waals surface area contributed by atoms with Crippen molar-refractivity contribution in [1.29, 1.82) is 0 Å². The highest BCUT2D eigenvalue weighted by Crippen LogP contribution is 2.28. The molecule has 2 heterocycles. The van der Waals surface area contributed by atoms with Crippen LogP contribution in [0.25, 0.3) is 0 Å². The van der Waals surface area contributed by atoms with Crippen molar-refractivity contribution >= 4 is 23.8 Å². The van der Waals surface area contributed by atoms with Crippen LogP contribution in [0.2, 0.25) is 0 Å². The molecule has 0 saturated carbocycles. The van der Waals surface area contributed by atoms with Gasteiger partial charge in [0, 0.05) is 36.0 Å². The number of ether oxygens (including phenoxy) is 1. The normalized spacial score (nSPS) is 16.4. The number of hydrogen-bond donors (Lipinski definition) is 2. The van der Waals surface area contributed by atoms with E-state index < -0.39 is 0 Å². The van der Waals surface area contributed by atoms with Gasteiger partial charge in [0.15, 0.2) is 0 Å². The average Bonchev–Trinajstić information content (AvgIpc) is 3.11. The number of likely N-dealkylation sites (tertiary alicyclic amines) is 1. The molecular weight excluding hydrogens is 436 g/mol. The van der Waals surface area contributed by atoms with Crippen LogP contribution in [0.1, 0.15) is 24.0 Å². The zero-order valence-electron chi connectivity index (χ0n) is 19.0. The number of methoxy groups -OCH3 is 1. The third-order valence-electron chi connectivity index (χ3n) is 5.69. The third kappa shape index (κ3) is 9.48. The van der Waals surface area contributed by atoms with Gasteiger partial charge in [-0.1, -0.05) is 30.3 Å². The Morgan fingerprint density at radius 1 is 1.16 bits per heavy atom. The summed E-state index contributed by atoms with van der Waals surface area (Å²) >= 11 is 2.87. The third-order valence-corrected chi connectivity index (χ3v) is 7.18. The number of nitrogens with zero attached hydrogens (tertiary/aromatic N) is 1. The second kappa shape index (κ2) is 16.1. The van der Waals surface area contributed by atoms with Crippen molar-refractivity contribution in [3.63, 3.8) is 0 Å². The summed E-state index contributed by atoms with van der Waals surface area (Å²) < 4.78 is 13.9. The molecule has 2 aliphatic rings. The summed E-state index contributed by atoms with van der Waals surface area (Å²) in [5.41, 5.74) is 2.82. The number of fused-ring (bicyclic) bond motifs is 1. The Balaban J connectivity index is 0.000000217. The van der Waals surface area contributed by atoms with Crippen molar-refractivity contribution in [2.75, 3.05) is 44.8 Å². The van der Waals surface area contributed by atoms with Crippen molar-refractivity contribution in [3.05, 3.63) is 59.7 Å². The number of thioether (sulfide) groups is 1. The van der Waals surface area contributed by atoms with E-state index in [0.717, 1.165) is 54.9 Å². The molecular formula is C26H36N2O2S2. The molecule has 0 amide bonds. The van der Waals surface area contributed by atoms with Crippen LogP contribution in [0.15, 0.2) is 53.4 Å². The van der Waals surface area contributed by atoms with Gasteiger partial charge in [-0.3, -0.25) is 0 Å². The van der Waals surface area contributed by atoms with Crippen LogP contribution in [0.5, 0.6) is 5.75 Å². The molecule has 4 nitrogen and oxygen atoms in total. The van der Waals surface area contributed by atoms with Gasteiger partial charge in [-0.25, -0.2) is 0 Å². The summed E-state index contributed by atoms with van der Waals surface area (Å²) in [6, 6.07) is 17.1. The lowest BCUT2D eigenvalue weighted by atomic mass is 9.90. The van der Waals surface area contributed by atoms with Gasteiger partial charge < -0.3 is 19.5 Å². The van der Waals surface area contributed by atoms with E-state index in [2.05, 4.69) is 65.5 Å². The highest BCUT2D eigenvalue weighted by molar-refractivity contribution is 7.99. The van der Waals surface area contributed by atoms with Crippen LogP contribution in [-0.4, -0.2) is 54.2 Å². The minimum Gasteiger partial charge on any atom is -0.497 e. The highest BCUT2D eigenvalue weighted by atomic mass is 32.2. The van der Waals surface area contributed by atoms with E-state index in [0.29, 0.717) is 0 Å². The van der Waals surface area contributed by atoms with E-state index in [1.165, 1.54) is 48.4 Å². The average molecular weight is 473 g/mol. The molecule has 0 unspecified atom stereocenters. The Bertz CT molecular complexity index is 778. The van der Waals surface area contributed by atoms with Crippen LogP contribution < -0.4 is 10.1 Å². The minimum absolute atomic E-state index is 0.837. The molecule has 0 bridgehead atoms. The molecule has 32 heavy (non-hydrogen) atoms. The van der Waals surface area contributed by atoms with Gasteiger partial charge in [-0.2, -0.15) is 0 Å². The zero-order valence-corrected chi connectivity index (χ0v) is 20.7. The van der Waals surface area contributed by atoms with Gasteiger partial charge in [-0.15, -0.1) is 24.6 Å². The molecule has 0 aromatic heterocycles. The van der Waals surface area contributed by atoms with Crippen molar-refractivity contribution in [3.8, 4) is 18.6 Å². The Morgan fingerprint density at radius 3 is 2.59 bits per heavy atom. The number of rotatable bonds is 6. The Labute approximate surface area is 202 Å². The summed E-state index contributed by atoms with van der Waals surface area (Å²) in [4.78, 5) is 3.84. The molecule has 0 aliphatic carbocycles. The molecule has 0 radical (unpaired) electrons. The minimum atomic E-state index is 0.837. The first-order valence-corrected chi connectivity index (χ1v) is 13.1. The number of terminal acetylenes is 1. The monoisotopic (exact) mass is 472 g/mol. The fourth-order valence-corrected chi connectivity index (χ4v) is 5.24. The number of benzene rings is 2. The first kappa shape index (κ1) is 26.6. The number of hydrogen-bond acceptors (Lipinski definition) is 6. The lowest BCUT2D eigenvalue weighted by Gasteiger charge is -2.31. The van der Waals surface area contributed by atoms with Crippen LogP contribution in [0, 0.1) is 18.8 Å². The van der Waals surface area contributed by atoms with Crippen molar-refractivity contribution in [2.45, 2.75) is 30.7 Å². The second-order valence-electron chi connectivity index (χ2n) is 7.81. The maximum Gasteiger partial charge on any atom is 0.119 e. The lowest BCUT2D eigenvalue weighted by Crippen LogP contribution is -2.35. The largest absolute Gasteiger partial charge is 0.497 e. The molecule has 174 valence electrons. The van der Waals surface area contributed by atoms with Gasteiger partial charge in [-0.05, 0) is 79.6 Å². The molecule has 2 aromatic rings. The fraction of sp³-hybridized carbons (Fsp3) is 0.462. The molecule has 2 N–H and O–H groups in total. The van der Waals surface area contributed by atoms with Crippen molar-refractivity contribution < 1.29 is 9.29 Å².